The zero-order valence-corrected chi connectivity index (χ0v) is 12.7. The molecule has 2 rings (SSSR count). The molecular formula is C16H24N2O3. The van der Waals surface area contributed by atoms with Gasteiger partial charge in [-0.3, -0.25) is 0 Å². The first-order chi connectivity index (χ1) is 10.1. The molecule has 1 aliphatic heterocycles. The van der Waals surface area contributed by atoms with Gasteiger partial charge in [0.25, 0.3) is 0 Å². The number of anilines is 1. The van der Waals surface area contributed by atoms with E-state index in [0.29, 0.717) is 18.8 Å². The van der Waals surface area contributed by atoms with Gasteiger partial charge in [0, 0.05) is 25.4 Å². The zero-order chi connectivity index (χ0) is 15.2. The Kier molecular flexibility index (Phi) is 5.59. The number of carbonyl (C=O) groups is 1. The number of nitrogens with one attached hydrogen (secondary N) is 1. The third-order valence-electron chi connectivity index (χ3n) is 3.75. The Balaban J connectivity index is 1.89. The number of ether oxygens (including phenoxy) is 1. The fourth-order valence-electron chi connectivity index (χ4n) is 2.54. The summed E-state index contributed by atoms with van der Waals surface area (Å²) in [6, 6.07) is 7.21. The molecule has 1 fully saturated rings. The van der Waals surface area contributed by atoms with Gasteiger partial charge in [0.1, 0.15) is 0 Å². The van der Waals surface area contributed by atoms with Gasteiger partial charge in [-0.1, -0.05) is 12.1 Å². The highest BCUT2D eigenvalue weighted by molar-refractivity contribution is 5.89. The van der Waals surface area contributed by atoms with Gasteiger partial charge in [-0.25, -0.2) is 4.79 Å². The van der Waals surface area contributed by atoms with Crippen molar-refractivity contribution in [1.82, 2.24) is 4.90 Å². The number of rotatable bonds is 4. The van der Waals surface area contributed by atoms with Crippen LogP contribution in [0, 0.1) is 0 Å². The van der Waals surface area contributed by atoms with Gasteiger partial charge in [0.15, 0.2) is 0 Å². The molecule has 0 radical (unpaired) electrons. The minimum atomic E-state index is -0.538. The standard InChI is InChI=1S/C16H24N2O3/c1-3-21-15-7-9-18(10-8-15)16(20)17-14-6-4-5-13(11-14)12(2)19/h4-6,11-12,15,19H,3,7-10H2,1-2H3,(H,17,20). The average Bonchev–Trinajstić information content (AvgIpc) is 2.48. The average molecular weight is 292 g/mol. The molecule has 0 spiro atoms. The number of likely N-dealkylation sites (tertiary alicyclic amines) is 1. The summed E-state index contributed by atoms with van der Waals surface area (Å²) in [5.74, 6) is 0. The molecule has 1 aromatic carbocycles. The van der Waals surface area contributed by atoms with Gasteiger partial charge in [0.05, 0.1) is 12.2 Å². The van der Waals surface area contributed by atoms with E-state index in [1.165, 1.54) is 0 Å². The van der Waals surface area contributed by atoms with Crippen molar-refractivity contribution in [3.05, 3.63) is 29.8 Å². The number of amides is 2. The van der Waals surface area contributed by atoms with Crippen LogP contribution in [0.1, 0.15) is 38.4 Å². The van der Waals surface area contributed by atoms with Gasteiger partial charge >= 0.3 is 6.03 Å². The van der Waals surface area contributed by atoms with E-state index in [1.807, 2.05) is 30.0 Å². The van der Waals surface area contributed by atoms with Crippen molar-refractivity contribution in [2.75, 3.05) is 25.0 Å². The van der Waals surface area contributed by atoms with Gasteiger partial charge in [-0.2, -0.15) is 0 Å². The highest BCUT2D eigenvalue weighted by atomic mass is 16.5. The molecule has 21 heavy (non-hydrogen) atoms. The number of hydrogen-bond donors (Lipinski definition) is 2. The van der Waals surface area contributed by atoms with E-state index >= 15 is 0 Å². The fourth-order valence-corrected chi connectivity index (χ4v) is 2.54. The van der Waals surface area contributed by atoms with Gasteiger partial charge in [-0.05, 0) is 44.4 Å². The first kappa shape index (κ1) is 15.8. The quantitative estimate of drug-likeness (QED) is 0.897. The predicted molar refractivity (Wildman–Crippen MR) is 82.3 cm³/mol. The van der Waals surface area contributed by atoms with Crippen LogP contribution in [-0.2, 0) is 4.74 Å². The maximum Gasteiger partial charge on any atom is 0.321 e. The molecular weight excluding hydrogens is 268 g/mol. The molecule has 2 amide bonds. The van der Waals surface area contributed by atoms with E-state index in [1.54, 1.807) is 13.0 Å². The van der Waals surface area contributed by atoms with Crippen LogP contribution in [0.4, 0.5) is 10.5 Å². The number of urea groups is 1. The number of aliphatic hydroxyl groups is 1. The summed E-state index contributed by atoms with van der Waals surface area (Å²) in [5.41, 5.74) is 1.51. The lowest BCUT2D eigenvalue weighted by Crippen LogP contribution is -2.43. The van der Waals surface area contributed by atoms with Gasteiger partial charge < -0.3 is 20.1 Å². The van der Waals surface area contributed by atoms with E-state index in [9.17, 15) is 9.90 Å². The molecule has 0 aliphatic carbocycles. The predicted octanol–water partition coefficient (Wildman–Crippen LogP) is 2.77. The summed E-state index contributed by atoms with van der Waals surface area (Å²) in [6.07, 6.45) is 1.51. The molecule has 1 aromatic rings. The Hall–Kier alpha value is -1.59. The molecule has 116 valence electrons. The monoisotopic (exact) mass is 292 g/mol. The first-order valence-electron chi connectivity index (χ1n) is 7.55. The van der Waals surface area contributed by atoms with Crippen LogP contribution in [0.25, 0.3) is 0 Å². The Morgan fingerprint density at radius 3 is 2.81 bits per heavy atom. The summed E-state index contributed by atoms with van der Waals surface area (Å²) in [7, 11) is 0. The summed E-state index contributed by atoms with van der Waals surface area (Å²) in [4.78, 5) is 14.0. The number of benzene rings is 1. The zero-order valence-electron chi connectivity index (χ0n) is 12.7. The highest BCUT2D eigenvalue weighted by Crippen LogP contribution is 2.19. The number of aliphatic hydroxyl groups excluding tert-OH is 1. The third kappa shape index (κ3) is 4.44. The normalized spacial score (nSPS) is 17.6. The molecule has 0 saturated carbocycles. The van der Waals surface area contributed by atoms with Crippen molar-refractivity contribution in [2.45, 2.75) is 38.9 Å². The van der Waals surface area contributed by atoms with E-state index in [0.717, 1.165) is 25.0 Å². The van der Waals surface area contributed by atoms with E-state index in [2.05, 4.69) is 5.32 Å². The number of piperidine rings is 1. The summed E-state index contributed by atoms with van der Waals surface area (Å²) in [6.45, 7) is 5.86. The smallest absolute Gasteiger partial charge is 0.321 e. The van der Waals surface area contributed by atoms with Crippen molar-refractivity contribution in [2.24, 2.45) is 0 Å². The van der Waals surface area contributed by atoms with Crippen molar-refractivity contribution >= 4 is 11.7 Å². The number of hydrogen-bond acceptors (Lipinski definition) is 3. The van der Waals surface area contributed by atoms with Gasteiger partial charge in [0.2, 0.25) is 0 Å². The molecule has 0 aromatic heterocycles. The third-order valence-corrected chi connectivity index (χ3v) is 3.75. The lowest BCUT2D eigenvalue weighted by molar-refractivity contribution is 0.0232. The maximum atomic E-state index is 12.2. The fraction of sp³-hybridized carbons (Fsp3) is 0.562. The molecule has 5 heteroatoms. The Morgan fingerprint density at radius 1 is 1.48 bits per heavy atom. The largest absolute Gasteiger partial charge is 0.389 e. The lowest BCUT2D eigenvalue weighted by Gasteiger charge is -2.31. The second-order valence-electron chi connectivity index (χ2n) is 5.37. The van der Waals surface area contributed by atoms with Gasteiger partial charge in [-0.15, -0.1) is 0 Å². The van der Waals surface area contributed by atoms with Crippen LogP contribution in [0.3, 0.4) is 0 Å². The van der Waals surface area contributed by atoms with Crippen LogP contribution in [-0.4, -0.2) is 41.8 Å². The van der Waals surface area contributed by atoms with Crippen LogP contribution in [0.2, 0.25) is 0 Å². The van der Waals surface area contributed by atoms with E-state index < -0.39 is 6.10 Å². The Labute approximate surface area is 125 Å². The van der Waals surface area contributed by atoms with Crippen LogP contribution in [0.5, 0.6) is 0 Å². The minimum Gasteiger partial charge on any atom is -0.389 e. The molecule has 5 nitrogen and oxygen atoms in total. The van der Waals surface area contributed by atoms with Crippen molar-refractivity contribution in [3.8, 4) is 0 Å². The Bertz CT molecular complexity index is 468. The second-order valence-corrected chi connectivity index (χ2v) is 5.37. The van der Waals surface area contributed by atoms with Crippen LogP contribution < -0.4 is 5.32 Å². The van der Waals surface area contributed by atoms with Crippen LogP contribution in [0.15, 0.2) is 24.3 Å². The molecule has 1 aliphatic rings. The number of nitrogens with zero attached hydrogens (tertiary/aromatic N) is 1. The highest BCUT2D eigenvalue weighted by Gasteiger charge is 2.22. The molecule has 1 saturated heterocycles. The summed E-state index contributed by atoms with van der Waals surface area (Å²) < 4.78 is 5.59. The summed E-state index contributed by atoms with van der Waals surface area (Å²) in [5, 5.41) is 12.5. The Morgan fingerprint density at radius 2 is 2.19 bits per heavy atom. The molecule has 1 unspecified atom stereocenters. The first-order valence-corrected chi connectivity index (χ1v) is 7.55. The summed E-state index contributed by atoms with van der Waals surface area (Å²) >= 11 is 0. The van der Waals surface area contributed by atoms with E-state index in [-0.39, 0.29) is 12.1 Å². The van der Waals surface area contributed by atoms with Crippen molar-refractivity contribution in [3.63, 3.8) is 0 Å². The van der Waals surface area contributed by atoms with E-state index in [4.69, 9.17) is 4.74 Å². The molecule has 1 atom stereocenters. The number of carbonyl (C=O) groups excluding carboxylic acids is 1. The second kappa shape index (κ2) is 7.43. The molecule has 1 heterocycles. The minimum absolute atomic E-state index is 0.0901. The lowest BCUT2D eigenvalue weighted by atomic mass is 10.1. The maximum absolute atomic E-state index is 12.2. The van der Waals surface area contributed by atoms with Crippen molar-refractivity contribution < 1.29 is 14.6 Å². The molecule has 2 N–H and O–H groups in total. The van der Waals surface area contributed by atoms with Crippen LogP contribution >= 0.6 is 0 Å². The van der Waals surface area contributed by atoms with Crippen molar-refractivity contribution in [1.29, 1.82) is 0 Å². The topological polar surface area (TPSA) is 61.8 Å². The SMILES string of the molecule is CCOC1CCN(C(=O)Nc2cccc(C(C)O)c2)CC1. The molecule has 0 bridgehead atoms.